The van der Waals surface area contributed by atoms with Crippen LogP contribution < -0.4 is 0 Å². The summed E-state index contributed by atoms with van der Waals surface area (Å²) in [5.41, 5.74) is 10.8. The van der Waals surface area contributed by atoms with Crippen molar-refractivity contribution in [3.63, 3.8) is 0 Å². The second-order valence-corrected chi connectivity index (χ2v) is 6.34. The van der Waals surface area contributed by atoms with Crippen molar-refractivity contribution in [1.29, 1.82) is 0 Å². The molecule has 0 amide bonds. The molecule has 0 saturated heterocycles. The van der Waals surface area contributed by atoms with Crippen molar-refractivity contribution in [3.8, 4) is 0 Å². The van der Waals surface area contributed by atoms with Gasteiger partial charge in [-0.3, -0.25) is 0 Å². The molecule has 1 N–H and O–H groups in total. The molecule has 0 aromatic heterocycles. The summed E-state index contributed by atoms with van der Waals surface area (Å²) in [5.74, 6) is -0.275. The van der Waals surface area contributed by atoms with E-state index in [1.165, 1.54) is 12.1 Å². The summed E-state index contributed by atoms with van der Waals surface area (Å²) in [4.78, 5) is 0. The van der Waals surface area contributed by atoms with Gasteiger partial charge >= 0.3 is 0 Å². The Bertz CT molecular complexity index is 593. The fourth-order valence-electron chi connectivity index (χ4n) is 1.68. The van der Waals surface area contributed by atoms with E-state index in [2.05, 4.69) is 31.9 Å². The van der Waals surface area contributed by atoms with E-state index in [-0.39, 0.29) is 47.1 Å². The average Bonchev–Trinajstić information content (AvgIpc) is 2.34. The zero-order valence-electron chi connectivity index (χ0n) is 9.83. The molecule has 95 valence electrons. The molecule has 0 aliphatic heterocycles. The summed E-state index contributed by atoms with van der Waals surface area (Å²) in [6, 6.07) is 13.5. The topological polar surface area (TPSA) is 23.8 Å². The Hall–Kier alpha value is 0.234. The van der Waals surface area contributed by atoms with Crippen molar-refractivity contribution in [1.82, 2.24) is 0 Å². The maximum absolute atomic E-state index is 13.0. The van der Waals surface area contributed by atoms with E-state index in [1.54, 1.807) is 18.2 Å². The Morgan fingerprint density at radius 1 is 0.947 bits per heavy atom. The Morgan fingerprint density at radius 3 is 2.05 bits per heavy atom. The quantitative estimate of drug-likeness (QED) is 0.472. The number of hydrogen-bond acceptors (Lipinski definition) is 0. The minimum absolute atomic E-state index is 0. The summed E-state index contributed by atoms with van der Waals surface area (Å²) in [6.45, 7) is 0. The second-order valence-electron chi connectivity index (χ2n) is 3.69. The molecule has 0 spiro atoms. The van der Waals surface area contributed by atoms with E-state index in [1.807, 2.05) is 18.2 Å². The first-order valence-electron chi connectivity index (χ1n) is 5.22. The van der Waals surface area contributed by atoms with Crippen LogP contribution in [0.1, 0.15) is 11.1 Å². The average molecular weight is 511 g/mol. The molecule has 5 heteroatoms. The van der Waals surface area contributed by atoms with Crippen LogP contribution in [0.5, 0.6) is 0 Å². The summed E-state index contributed by atoms with van der Waals surface area (Å²) >= 11 is 6.77. The van der Waals surface area contributed by atoms with Gasteiger partial charge in [-0.1, -0.05) is 36.4 Å². The molecule has 19 heavy (non-hydrogen) atoms. The Labute approximate surface area is 161 Å². The molecule has 1 nitrogen and oxygen atoms in total. The van der Waals surface area contributed by atoms with Gasteiger partial charge in [-0.25, -0.2) is 4.39 Å². The van der Waals surface area contributed by atoms with Gasteiger partial charge in [0.1, 0.15) is 5.82 Å². The monoisotopic (exact) mass is 509 g/mol. The second kappa shape index (κ2) is 7.87. The number of halogens is 3. The number of nitrogens with one attached hydrogen (secondary N) is 1. The zero-order valence-corrected chi connectivity index (χ0v) is 16.7. The molecule has 2 aromatic carbocycles. The minimum atomic E-state index is -0.275. The van der Waals surface area contributed by atoms with Gasteiger partial charge in [0, 0.05) is 46.9 Å². The smallest absolute Gasteiger partial charge is 0.123 e. The molecule has 0 heterocycles. The third-order valence-corrected chi connectivity index (χ3v) is 3.31. The molecule has 0 unspecified atom stereocenters. The first-order chi connectivity index (χ1) is 8.59. The van der Waals surface area contributed by atoms with Gasteiger partial charge < -0.3 is 5.73 Å². The van der Waals surface area contributed by atoms with E-state index < -0.39 is 0 Å². The summed E-state index contributed by atoms with van der Waals surface area (Å²) in [5, 5.41) is 0. The van der Waals surface area contributed by atoms with E-state index in [4.69, 9.17) is 5.73 Å². The van der Waals surface area contributed by atoms with Crippen molar-refractivity contribution < 1.29 is 45.7 Å². The molecule has 0 bridgehead atoms. The van der Waals surface area contributed by atoms with Gasteiger partial charge in [-0.2, -0.15) is 0 Å². The van der Waals surface area contributed by atoms with Crippen LogP contribution in [0.2, 0.25) is 0 Å². The molecular formula is C14H9Br2FNPr-. The Kier molecular flexibility index (Phi) is 7.16. The van der Waals surface area contributed by atoms with Crippen molar-refractivity contribution in [3.05, 3.63) is 74.6 Å². The van der Waals surface area contributed by atoms with Crippen LogP contribution >= 0.6 is 31.9 Å². The number of rotatable bonds is 2. The molecule has 2 rings (SSSR count). The molecule has 0 saturated carbocycles. The van der Waals surface area contributed by atoms with E-state index in [9.17, 15) is 4.39 Å². The summed E-state index contributed by atoms with van der Waals surface area (Å²) in [6.07, 6.45) is 0. The third-order valence-electron chi connectivity index (χ3n) is 2.52. The van der Waals surface area contributed by atoms with Gasteiger partial charge in [0.25, 0.3) is 0 Å². The first-order valence-corrected chi connectivity index (χ1v) is 6.80. The zero-order chi connectivity index (χ0) is 13.1. The van der Waals surface area contributed by atoms with Crippen LogP contribution in [-0.4, -0.2) is 0 Å². The SMILES string of the molecule is [NH-]c1ccccc1C(=C(Br)Br)c1ccc(F)cc1.[Pr]. The summed E-state index contributed by atoms with van der Waals surface area (Å²) in [7, 11) is 0. The fourth-order valence-corrected chi connectivity index (χ4v) is 2.57. The van der Waals surface area contributed by atoms with Gasteiger partial charge in [0.05, 0.1) is 3.39 Å². The van der Waals surface area contributed by atoms with Crippen LogP contribution in [0, 0.1) is 47.1 Å². The summed E-state index contributed by atoms with van der Waals surface area (Å²) < 4.78 is 13.7. The number of benzene rings is 2. The van der Waals surface area contributed by atoms with E-state index in [0.717, 1.165) is 20.1 Å². The van der Waals surface area contributed by atoms with Gasteiger partial charge in [0.2, 0.25) is 0 Å². The van der Waals surface area contributed by atoms with Crippen molar-refractivity contribution in [2.24, 2.45) is 0 Å². The van der Waals surface area contributed by atoms with Gasteiger partial charge in [-0.15, -0.1) is 5.69 Å². The first kappa shape index (κ1) is 17.3. The van der Waals surface area contributed by atoms with E-state index in [0.29, 0.717) is 5.69 Å². The van der Waals surface area contributed by atoms with E-state index >= 15 is 0 Å². The van der Waals surface area contributed by atoms with Crippen LogP contribution in [0.3, 0.4) is 0 Å². The van der Waals surface area contributed by atoms with Crippen LogP contribution in [0.15, 0.2) is 51.9 Å². The predicted molar refractivity (Wildman–Crippen MR) is 80.7 cm³/mol. The fraction of sp³-hybridized carbons (Fsp3) is 0. The third kappa shape index (κ3) is 4.35. The van der Waals surface area contributed by atoms with Gasteiger partial charge in [-0.05, 0) is 55.1 Å². The van der Waals surface area contributed by atoms with Crippen molar-refractivity contribution in [2.45, 2.75) is 0 Å². The molecule has 0 fully saturated rings. The molecule has 0 aliphatic carbocycles. The minimum Gasteiger partial charge on any atom is -0.698 e. The largest absolute Gasteiger partial charge is 0.698 e. The predicted octanol–water partition coefficient (Wildman–Crippen LogP) is 6.02. The molecule has 0 aliphatic rings. The molecule has 2 aromatic rings. The maximum Gasteiger partial charge on any atom is 0.123 e. The Balaban J connectivity index is 0.00000180. The maximum atomic E-state index is 13.0. The van der Waals surface area contributed by atoms with Crippen molar-refractivity contribution >= 4 is 43.1 Å². The molecule has 1 radical (unpaired) electrons. The van der Waals surface area contributed by atoms with Crippen LogP contribution in [0.25, 0.3) is 11.3 Å². The standard InChI is InChI=1S/C14H9Br2FN.Pr/c15-14(16)13(9-5-7-10(17)8-6-9)11-3-1-2-4-12(11)18;/h1-8,18H;/q-1;. The van der Waals surface area contributed by atoms with Crippen LogP contribution in [-0.2, 0) is 0 Å². The molecular weight excluding hydrogens is 502 g/mol. The van der Waals surface area contributed by atoms with Crippen LogP contribution in [0.4, 0.5) is 10.1 Å². The van der Waals surface area contributed by atoms with Gasteiger partial charge in [0.15, 0.2) is 0 Å². The Morgan fingerprint density at radius 2 is 1.53 bits per heavy atom. The normalized spacial score (nSPS) is 9.63. The number of hydrogen-bond donors (Lipinski definition) is 0. The van der Waals surface area contributed by atoms with Crippen molar-refractivity contribution in [2.75, 3.05) is 0 Å². The molecule has 0 atom stereocenters.